The molecule has 1 N–H and O–H groups in total. The molecule has 9 heteroatoms. The standard InChI is InChI=1S/C25H27FN2O4S2/c1-32-24-11-6-5-10-23(24)28(34(30,31)22-8-3-2-4-9-22)18-25(29)27-16-7-17-33-19-20-12-14-21(26)15-13-20/h2-6,8-15H,7,16-19H2,1H3,(H,27,29). The molecule has 0 saturated carbocycles. The number of carbonyl (C=O) groups excluding carboxylic acids is 1. The maximum atomic E-state index is 13.4. The average molecular weight is 503 g/mol. The van der Waals surface area contributed by atoms with E-state index in [9.17, 15) is 17.6 Å². The Labute approximate surface area is 204 Å². The van der Waals surface area contributed by atoms with Gasteiger partial charge in [0.25, 0.3) is 10.0 Å². The van der Waals surface area contributed by atoms with Crippen molar-refractivity contribution < 1.29 is 22.3 Å². The average Bonchev–Trinajstić information content (AvgIpc) is 2.86. The molecule has 0 atom stereocenters. The molecule has 0 saturated heterocycles. The van der Waals surface area contributed by atoms with Crippen LogP contribution < -0.4 is 14.4 Å². The van der Waals surface area contributed by atoms with E-state index in [1.54, 1.807) is 66.4 Å². The molecule has 0 fully saturated rings. The number of thioether (sulfide) groups is 1. The van der Waals surface area contributed by atoms with Gasteiger partial charge in [-0.3, -0.25) is 9.10 Å². The van der Waals surface area contributed by atoms with Gasteiger partial charge < -0.3 is 10.1 Å². The zero-order valence-electron chi connectivity index (χ0n) is 18.8. The van der Waals surface area contributed by atoms with Crippen molar-refractivity contribution in [2.75, 3.05) is 30.3 Å². The van der Waals surface area contributed by atoms with Gasteiger partial charge in [-0.1, -0.05) is 42.5 Å². The highest BCUT2D eigenvalue weighted by atomic mass is 32.2. The van der Waals surface area contributed by atoms with Gasteiger partial charge in [0.05, 0.1) is 17.7 Å². The number of nitrogens with one attached hydrogen (secondary N) is 1. The van der Waals surface area contributed by atoms with Gasteiger partial charge >= 0.3 is 0 Å². The van der Waals surface area contributed by atoms with Gasteiger partial charge in [-0.15, -0.1) is 0 Å². The number of hydrogen-bond donors (Lipinski definition) is 1. The van der Waals surface area contributed by atoms with Crippen molar-refractivity contribution >= 4 is 33.4 Å². The summed E-state index contributed by atoms with van der Waals surface area (Å²) < 4.78 is 46.1. The maximum Gasteiger partial charge on any atom is 0.264 e. The van der Waals surface area contributed by atoms with Crippen molar-refractivity contribution in [3.8, 4) is 5.75 Å². The number of sulfonamides is 1. The lowest BCUT2D eigenvalue weighted by Gasteiger charge is -2.25. The van der Waals surface area contributed by atoms with E-state index in [2.05, 4.69) is 5.32 Å². The third-order valence-corrected chi connectivity index (χ3v) is 7.83. The molecule has 0 aliphatic heterocycles. The van der Waals surface area contributed by atoms with Crippen molar-refractivity contribution in [2.24, 2.45) is 0 Å². The SMILES string of the molecule is COc1ccccc1N(CC(=O)NCCCSCc1ccc(F)cc1)S(=O)(=O)c1ccccc1. The molecule has 0 aliphatic rings. The molecule has 0 unspecified atom stereocenters. The van der Waals surface area contributed by atoms with E-state index in [1.165, 1.54) is 31.4 Å². The van der Waals surface area contributed by atoms with Crippen LogP contribution in [0.3, 0.4) is 0 Å². The van der Waals surface area contributed by atoms with E-state index in [1.807, 2.05) is 0 Å². The van der Waals surface area contributed by atoms with Gasteiger partial charge in [0, 0.05) is 12.3 Å². The number of benzene rings is 3. The zero-order chi connectivity index (χ0) is 24.4. The van der Waals surface area contributed by atoms with Crippen LogP contribution in [0.5, 0.6) is 5.75 Å². The van der Waals surface area contributed by atoms with Crippen LogP contribution in [0, 0.1) is 5.82 Å². The number of amides is 1. The maximum absolute atomic E-state index is 13.4. The minimum Gasteiger partial charge on any atom is -0.495 e. The van der Waals surface area contributed by atoms with Gasteiger partial charge in [0.15, 0.2) is 0 Å². The first kappa shape index (κ1) is 25.6. The van der Waals surface area contributed by atoms with Crippen molar-refractivity contribution in [2.45, 2.75) is 17.1 Å². The van der Waals surface area contributed by atoms with E-state index in [-0.39, 0.29) is 17.3 Å². The summed E-state index contributed by atoms with van der Waals surface area (Å²) in [5, 5.41) is 2.80. The Hall–Kier alpha value is -3.04. The minimum atomic E-state index is -3.99. The number of halogens is 1. The lowest BCUT2D eigenvalue weighted by molar-refractivity contribution is -0.119. The van der Waals surface area contributed by atoms with Crippen LogP contribution in [-0.2, 0) is 20.6 Å². The number of nitrogens with zero attached hydrogens (tertiary/aromatic N) is 1. The highest BCUT2D eigenvalue weighted by Gasteiger charge is 2.29. The fraction of sp³-hybridized carbons (Fsp3) is 0.240. The van der Waals surface area contributed by atoms with Crippen molar-refractivity contribution in [3.05, 3.63) is 90.2 Å². The topological polar surface area (TPSA) is 75.7 Å². The lowest BCUT2D eigenvalue weighted by Crippen LogP contribution is -2.41. The molecule has 0 aliphatic carbocycles. The van der Waals surface area contributed by atoms with E-state index in [0.29, 0.717) is 18.0 Å². The molecule has 1 amide bonds. The summed E-state index contributed by atoms with van der Waals surface area (Å²) in [6, 6.07) is 21.1. The Balaban J connectivity index is 1.60. The molecule has 3 aromatic rings. The molecule has 0 aromatic heterocycles. The summed E-state index contributed by atoms with van der Waals surface area (Å²) >= 11 is 1.68. The molecule has 0 spiro atoms. The summed E-state index contributed by atoms with van der Waals surface area (Å²) in [5.41, 5.74) is 1.33. The second kappa shape index (κ2) is 12.4. The monoisotopic (exact) mass is 502 g/mol. The first-order valence-corrected chi connectivity index (χ1v) is 13.3. The van der Waals surface area contributed by atoms with E-state index < -0.39 is 15.9 Å². The highest BCUT2D eigenvalue weighted by Crippen LogP contribution is 2.32. The number of anilines is 1. The summed E-state index contributed by atoms with van der Waals surface area (Å²) in [6.07, 6.45) is 0.720. The summed E-state index contributed by atoms with van der Waals surface area (Å²) in [4.78, 5) is 12.8. The molecule has 3 rings (SSSR count). The van der Waals surface area contributed by atoms with Crippen LogP contribution in [0.1, 0.15) is 12.0 Å². The van der Waals surface area contributed by atoms with Crippen LogP contribution in [0.25, 0.3) is 0 Å². The predicted octanol–water partition coefficient (Wildman–Crippen LogP) is 4.47. The number of carbonyl (C=O) groups is 1. The Morgan fingerprint density at radius 2 is 1.68 bits per heavy atom. The first-order chi connectivity index (χ1) is 16.4. The molecular weight excluding hydrogens is 475 g/mol. The van der Waals surface area contributed by atoms with Crippen LogP contribution >= 0.6 is 11.8 Å². The van der Waals surface area contributed by atoms with E-state index in [4.69, 9.17) is 4.74 Å². The van der Waals surface area contributed by atoms with Gasteiger partial charge in [0.1, 0.15) is 18.1 Å². The summed E-state index contributed by atoms with van der Waals surface area (Å²) in [7, 11) is -2.54. The molecule has 0 bridgehead atoms. The fourth-order valence-electron chi connectivity index (χ4n) is 3.21. The molecule has 0 radical (unpaired) electrons. The van der Waals surface area contributed by atoms with E-state index >= 15 is 0 Å². The van der Waals surface area contributed by atoms with Crippen molar-refractivity contribution in [3.63, 3.8) is 0 Å². The third kappa shape index (κ3) is 6.98. The van der Waals surface area contributed by atoms with Crippen molar-refractivity contribution in [1.82, 2.24) is 5.32 Å². The van der Waals surface area contributed by atoms with Gasteiger partial charge in [0.2, 0.25) is 5.91 Å². The molecule has 3 aromatic carbocycles. The zero-order valence-corrected chi connectivity index (χ0v) is 20.4. The second-order valence-corrected chi connectivity index (χ2v) is 10.3. The lowest BCUT2D eigenvalue weighted by atomic mass is 10.2. The van der Waals surface area contributed by atoms with Crippen LogP contribution in [0.15, 0.2) is 83.8 Å². The third-order valence-electron chi connectivity index (χ3n) is 4.94. The normalized spacial score (nSPS) is 11.1. The fourth-order valence-corrected chi connectivity index (χ4v) is 5.59. The predicted molar refractivity (Wildman–Crippen MR) is 134 cm³/mol. The number of hydrogen-bond acceptors (Lipinski definition) is 5. The molecule has 0 heterocycles. The quantitative estimate of drug-likeness (QED) is 0.370. The summed E-state index contributed by atoms with van der Waals surface area (Å²) in [5.74, 6) is 1.25. The Morgan fingerprint density at radius 3 is 2.38 bits per heavy atom. The first-order valence-electron chi connectivity index (χ1n) is 10.7. The minimum absolute atomic E-state index is 0.0888. The molecule has 6 nitrogen and oxygen atoms in total. The second-order valence-electron chi connectivity index (χ2n) is 7.38. The summed E-state index contributed by atoms with van der Waals surface area (Å²) in [6.45, 7) is 0.0424. The van der Waals surface area contributed by atoms with Gasteiger partial charge in [-0.25, -0.2) is 12.8 Å². The van der Waals surface area contributed by atoms with Crippen LogP contribution in [0.4, 0.5) is 10.1 Å². The molecular formula is C25H27FN2O4S2. The Bertz CT molecular complexity index is 1170. The number of ether oxygens (including phenoxy) is 1. The molecule has 180 valence electrons. The largest absolute Gasteiger partial charge is 0.495 e. The number of methoxy groups -OCH3 is 1. The Kier molecular flexibility index (Phi) is 9.35. The number of rotatable bonds is 12. The van der Waals surface area contributed by atoms with E-state index in [0.717, 1.165) is 27.8 Å². The smallest absolute Gasteiger partial charge is 0.264 e. The van der Waals surface area contributed by atoms with Gasteiger partial charge in [-0.2, -0.15) is 11.8 Å². The van der Waals surface area contributed by atoms with Gasteiger partial charge in [-0.05, 0) is 54.1 Å². The molecule has 34 heavy (non-hydrogen) atoms. The highest BCUT2D eigenvalue weighted by molar-refractivity contribution is 7.98. The number of para-hydroxylation sites is 2. The van der Waals surface area contributed by atoms with Crippen molar-refractivity contribution in [1.29, 1.82) is 0 Å². The van der Waals surface area contributed by atoms with Crippen LogP contribution in [0.2, 0.25) is 0 Å². The Morgan fingerprint density at radius 1 is 1.00 bits per heavy atom. The van der Waals surface area contributed by atoms with Crippen LogP contribution in [-0.4, -0.2) is 40.3 Å².